The van der Waals surface area contributed by atoms with Gasteiger partial charge in [0, 0.05) is 30.3 Å². The second kappa shape index (κ2) is 4.48. The summed E-state index contributed by atoms with van der Waals surface area (Å²) >= 11 is 1.60. The lowest BCUT2D eigenvalue weighted by Crippen LogP contribution is -2.49. The Balaban J connectivity index is 2.06. The zero-order valence-corrected chi connectivity index (χ0v) is 9.69. The number of nitrogens with zero attached hydrogens (tertiary/aromatic N) is 2. The van der Waals surface area contributed by atoms with E-state index < -0.39 is 10.7 Å². The van der Waals surface area contributed by atoms with Crippen LogP contribution in [0.1, 0.15) is 30.2 Å². The van der Waals surface area contributed by atoms with Crippen molar-refractivity contribution in [3.63, 3.8) is 0 Å². The molecule has 88 valence electrons. The maximum absolute atomic E-state index is 10.9. The molecule has 2 heterocycles. The third kappa shape index (κ3) is 2.23. The zero-order valence-electron chi connectivity index (χ0n) is 8.87. The minimum Gasteiger partial charge on any atom is -0.433 e. The molecule has 1 fully saturated rings. The van der Waals surface area contributed by atoms with Crippen molar-refractivity contribution in [3.05, 3.63) is 16.6 Å². The first-order valence-electron chi connectivity index (χ1n) is 5.34. The van der Waals surface area contributed by atoms with Crippen LogP contribution in [0.3, 0.4) is 0 Å². The number of hydroxylamine groups is 3. The second-order valence-electron chi connectivity index (χ2n) is 4.15. The Kier molecular flexibility index (Phi) is 3.22. The molecule has 0 saturated carbocycles. The number of hydrogen-bond donors (Lipinski definition) is 2. The molecule has 2 rings (SSSR count). The summed E-state index contributed by atoms with van der Waals surface area (Å²) in [6, 6.07) is 0. The van der Waals surface area contributed by atoms with Gasteiger partial charge in [-0.05, 0) is 6.42 Å². The van der Waals surface area contributed by atoms with Crippen LogP contribution in [0.15, 0.2) is 11.6 Å². The van der Waals surface area contributed by atoms with E-state index in [0.29, 0.717) is 18.8 Å². The summed E-state index contributed by atoms with van der Waals surface area (Å²) in [5.41, 5.74) is 0. The Bertz CT molecular complexity index is 368. The topological polar surface area (TPSA) is 70.4 Å². The van der Waals surface area contributed by atoms with Crippen molar-refractivity contribution in [1.82, 2.24) is 4.98 Å². The highest BCUT2D eigenvalue weighted by Gasteiger charge is 2.38. The van der Waals surface area contributed by atoms with E-state index >= 15 is 0 Å². The van der Waals surface area contributed by atoms with E-state index in [1.54, 1.807) is 17.5 Å². The van der Waals surface area contributed by atoms with Gasteiger partial charge >= 0.3 is 6.09 Å². The fraction of sp³-hybridized carbons (Fsp3) is 0.600. The molecule has 1 aromatic heterocycles. The van der Waals surface area contributed by atoms with Crippen molar-refractivity contribution >= 4 is 17.4 Å². The SMILES string of the molecule is O=C(O)[N+]1(O)CCCC(c2nccs2)CC1. The van der Waals surface area contributed by atoms with Crippen LogP contribution in [-0.4, -0.2) is 39.1 Å². The number of carbonyl (C=O) groups is 1. The minimum atomic E-state index is -1.15. The van der Waals surface area contributed by atoms with Gasteiger partial charge in [0.2, 0.25) is 0 Å². The van der Waals surface area contributed by atoms with Crippen molar-refractivity contribution in [2.24, 2.45) is 0 Å². The van der Waals surface area contributed by atoms with E-state index in [1.807, 2.05) is 5.38 Å². The van der Waals surface area contributed by atoms with Crippen molar-refractivity contribution < 1.29 is 19.8 Å². The summed E-state index contributed by atoms with van der Waals surface area (Å²) in [6.45, 7) is 0.552. The number of rotatable bonds is 1. The number of thiazole rings is 1. The Morgan fingerprint density at radius 3 is 2.94 bits per heavy atom. The molecule has 1 aromatic rings. The van der Waals surface area contributed by atoms with Crippen LogP contribution in [0, 0.1) is 0 Å². The summed E-state index contributed by atoms with van der Waals surface area (Å²) in [5, 5.41) is 21.8. The Morgan fingerprint density at radius 1 is 1.50 bits per heavy atom. The molecule has 2 unspecified atom stereocenters. The summed E-state index contributed by atoms with van der Waals surface area (Å²) in [5.74, 6) is 0.298. The summed E-state index contributed by atoms with van der Waals surface area (Å²) in [4.78, 5) is 15.2. The zero-order chi connectivity index (χ0) is 11.6. The molecule has 2 N–H and O–H groups in total. The third-order valence-electron chi connectivity index (χ3n) is 3.08. The van der Waals surface area contributed by atoms with Crippen LogP contribution in [0.2, 0.25) is 0 Å². The van der Waals surface area contributed by atoms with Gasteiger partial charge in [0.25, 0.3) is 0 Å². The van der Waals surface area contributed by atoms with E-state index in [1.165, 1.54) is 0 Å². The van der Waals surface area contributed by atoms with E-state index in [4.69, 9.17) is 5.11 Å². The molecule has 0 radical (unpaired) electrons. The molecule has 0 spiro atoms. The molecule has 0 bridgehead atoms. The van der Waals surface area contributed by atoms with Crippen LogP contribution >= 0.6 is 11.3 Å². The third-order valence-corrected chi connectivity index (χ3v) is 4.02. The minimum absolute atomic E-state index is 0.263. The van der Waals surface area contributed by atoms with Gasteiger partial charge in [-0.15, -0.1) is 11.3 Å². The number of amides is 1. The Hall–Kier alpha value is -0.980. The van der Waals surface area contributed by atoms with E-state index in [0.717, 1.165) is 11.4 Å². The molecule has 16 heavy (non-hydrogen) atoms. The monoisotopic (exact) mass is 243 g/mol. The first-order valence-corrected chi connectivity index (χ1v) is 6.22. The normalized spacial score (nSPS) is 30.9. The molecule has 1 amide bonds. The molecular weight excluding hydrogens is 228 g/mol. The van der Waals surface area contributed by atoms with Gasteiger partial charge in [0.05, 0.1) is 5.01 Å². The fourth-order valence-corrected chi connectivity index (χ4v) is 2.91. The van der Waals surface area contributed by atoms with Crippen LogP contribution < -0.4 is 0 Å². The lowest BCUT2D eigenvalue weighted by Gasteiger charge is -2.21. The highest BCUT2D eigenvalue weighted by atomic mass is 32.1. The van der Waals surface area contributed by atoms with Crippen LogP contribution in [0.25, 0.3) is 0 Å². The lowest BCUT2D eigenvalue weighted by atomic mass is 10.0. The average Bonchev–Trinajstić information content (AvgIpc) is 2.69. The highest BCUT2D eigenvalue weighted by Crippen LogP contribution is 2.31. The van der Waals surface area contributed by atoms with Gasteiger partial charge in [0.15, 0.2) is 0 Å². The van der Waals surface area contributed by atoms with Crippen LogP contribution in [0.5, 0.6) is 0 Å². The summed E-state index contributed by atoms with van der Waals surface area (Å²) in [6.07, 6.45) is 2.91. The summed E-state index contributed by atoms with van der Waals surface area (Å²) < 4.78 is -0.845. The highest BCUT2D eigenvalue weighted by molar-refractivity contribution is 7.09. The molecule has 2 atom stereocenters. The standard InChI is InChI=1S/C10H14N2O3S/c13-10(14)12(15)5-1-2-8(3-6-12)9-11-4-7-16-9/h4,7-8,15H,1-3,5-6H2/p+1. The van der Waals surface area contributed by atoms with Crippen molar-refractivity contribution in [2.75, 3.05) is 13.1 Å². The molecule has 1 saturated heterocycles. The predicted octanol–water partition coefficient (Wildman–Crippen LogP) is 2.29. The molecule has 5 nitrogen and oxygen atoms in total. The Morgan fingerprint density at radius 2 is 2.31 bits per heavy atom. The maximum Gasteiger partial charge on any atom is 0.546 e. The Labute approximate surface area is 97.5 Å². The van der Waals surface area contributed by atoms with Gasteiger partial charge in [0.1, 0.15) is 13.1 Å². The molecule has 0 aliphatic carbocycles. The van der Waals surface area contributed by atoms with E-state index in [9.17, 15) is 10.0 Å². The van der Waals surface area contributed by atoms with Gasteiger partial charge in [-0.25, -0.2) is 10.2 Å². The van der Waals surface area contributed by atoms with Crippen molar-refractivity contribution in [3.8, 4) is 0 Å². The molecular formula is C10H15N2O3S+. The molecule has 1 aliphatic rings. The van der Waals surface area contributed by atoms with Gasteiger partial charge < -0.3 is 5.11 Å². The number of carboxylic acid groups (broad SMARTS) is 1. The summed E-state index contributed by atoms with van der Waals surface area (Å²) in [7, 11) is 0. The van der Waals surface area contributed by atoms with Crippen molar-refractivity contribution in [1.29, 1.82) is 0 Å². The lowest BCUT2D eigenvalue weighted by molar-refractivity contribution is -1.04. The second-order valence-corrected chi connectivity index (χ2v) is 5.08. The first-order chi connectivity index (χ1) is 7.62. The fourth-order valence-electron chi connectivity index (χ4n) is 2.10. The van der Waals surface area contributed by atoms with Crippen LogP contribution in [-0.2, 0) is 0 Å². The van der Waals surface area contributed by atoms with Crippen molar-refractivity contribution in [2.45, 2.75) is 25.2 Å². The average molecular weight is 243 g/mol. The number of hydrogen-bond acceptors (Lipinski definition) is 4. The number of quaternary nitrogens is 1. The first kappa shape index (κ1) is 11.5. The van der Waals surface area contributed by atoms with Crippen LogP contribution in [0.4, 0.5) is 4.79 Å². The van der Waals surface area contributed by atoms with Gasteiger partial charge in [-0.3, -0.25) is 0 Å². The largest absolute Gasteiger partial charge is 0.546 e. The van der Waals surface area contributed by atoms with Gasteiger partial charge in [-0.1, -0.05) is 4.65 Å². The van der Waals surface area contributed by atoms with E-state index in [-0.39, 0.29) is 13.1 Å². The number of likely N-dealkylation sites (tertiary alicyclic amines) is 1. The maximum atomic E-state index is 10.9. The molecule has 1 aliphatic heterocycles. The smallest absolute Gasteiger partial charge is 0.433 e. The molecule has 6 heteroatoms. The molecule has 0 aromatic carbocycles. The van der Waals surface area contributed by atoms with Gasteiger partial charge in [-0.2, -0.15) is 4.79 Å². The number of aromatic nitrogens is 1. The van der Waals surface area contributed by atoms with E-state index in [2.05, 4.69) is 4.98 Å². The predicted molar refractivity (Wildman–Crippen MR) is 58.5 cm³/mol. The quantitative estimate of drug-likeness (QED) is 0.586.